The molecule has 1 aromatic heterocycles. The number of rotatable bonds is 4. The summed E-state index contributed by atoms with van der Waals surface area (Å²) in [6, 6.07) is 39.6. The maximum atomic E-state index is 6.72. The Morgan fingerprint density at radius 1 is 0.558 bits per heavy atom. The van der Waals surface area contributed by atoms with Crippen LogP contribution in [-0.2, 0) is 14.7 Å². The molecule has 8 rings (SSSR count). The normalized spacial score (nSPS) is 17.8. The molecule has 2 aliphatic rings. The maximum Gasteiger partial charge on any atom is 0.498 e. The first-order chi connectivity index (χ1) is 20.7. The Morgan fingerprint density at radius 2 is 1.09 bits per heavy atom. The predicted molar refractivity (Wildman–Crippen MR) is 177 cm³/mol. The second-order valence-electron chi connectivity index (χ2n) is 13.0. The molecule has 1 fully saturated rings. The van der Waals surface area contributed by atoms with Gasteiger partial charge < -0.3 is 13.7 Å². The molecule has 0 unspecified atom stereocenters. The molecule has 3 nitrogen and oxygen atoms in total. The minimum absolute atomic E-state index is 0.172. The second kappa shape index (κ2) is 9.19. The molecule has 5 aromatic carbocycles. The molecule has 0 spiro atoms. The van der Waals surface area contributed by atoms with E-state index in [2.05, 4.69) is 144 Å². The minimum Gasteiger partial charge on any atom is -0.456 e. The third-order valence-electron chi connectivity index (χ3n) is 10.3. The van der Waals surface area contributed by atoms with Crippen LogP contribution in [0, 0.1) is 0 Å². The van der Waals surface area contributed by atoms with E-state index in [1.165, 1.54) is 27.8 Å². The first-order valence-corrected chi connectivity index (χ1v) is 15.4. The fourth-order valence-electron chi connectivity index (χ4n) is 7.38. The molecule has 0 atom stereocenters. The number of furan rings is 1. The van der Waals surface area contributed by atoms with Crippen LogP contribution < -0.4 is 5.46 Å². The Hall–Kier alpha value is -4.12. The first-order valence-electron chi connectivity index (χ1n) is 15.4. The highest BCUT2D eigenvalue weighted by Crippen LogP contribution is 2.54. The van der Waals surface area contributed by atoms with E-state index < -0.39 is 18.3 Å². The summed E-state index contributed by atoms with van der Waals surface area (Å²) in [4.78, 5) is 0. The van der Waals surface area contributed by atoms with Crippen molar-refractivity contribution >= 4 is 34.5 Å². The topological polar surface area (TPSA) is 31.6 Å². The SMILES string of the molecule is CCC1(c2ccc(-c3cccc4c3oc3c(B5OC(C)(C)C(C)(C)O5)cccc34)cc2)c2ccccc2-c2ccccc21. The van der Waals surface area contributed by atoms with Crippen LogP contribution in [0.15, 0.2) is 114 Å². The van der Waals surface area contributed by atoms with E-state index in [9.17, 15) is 0 Å². The van der Waals surface area contributed by atoms with Gasteiger partial charge in [-0.3, -0.25) is 0 Å². The van der Waals surface area contributed by atoms with E-state index in [1.54, 1.807) is 0 Å². The van der Waals surface area contributed by atoms with Gasteiger partial charge in [-0.1, -0.05) is 116 Å². The van der Waals surface area contributed by atoms with Gasteiger partial charge in [0.2, 0.25) is 0 Å². The van der Waals surface area contributed by atoms with Crippen LogP contribution in [0.1, 0.15) is 57.7 Å². The Morgan fingerprint density at radius 3 is 1.70 bits per heavy atom. The molecule has 1 aliphatic carbocycles. The summed E-state index contributed by atoms with van der Waals surface area (Å²) in [6.07, 6.45) is 0.987. The van der Waals surface area contributed by atoms with Gasteiger partial charge in [0, 0.05) is 27.2 Å². The van der Waals surface area contributed by atoms with Crippen LogP contribution in [0.4, 0.5) is 0 Å². The lowest BCUT2D eigenvalue weighted by Gasteiger charge is -2.32. The zero-order valence-electron chi connectivity index (χ0n) is 25.4. The molecule has 1 aliphatic heterocycles. The Balaban J connectivity index is 1.24. The van der Waals surface area contributed by atoms with Crippen molar-refractivity contribution in [2.75, 3.05) is 0 Å². The van der Waals surface area contributed by atoms with E-state index in [0.717, 1.165) is 44.9 Å². The standard InChI is InChI=1S/C39H35BO3/c1-6-39(32-18-9-7-13-28(32)29-14-8-10-19-33(29)39)26-23-21-25(22-24-26)27-15-11-16-30-31-17-12-20-34(36(31)41-35(27)30)40-42-37(2,3)38(4,5)43-40/h7-24H,6H2,1-5H3. The fraction of sp³-hybridized carbons (Fsp3) is 0.231. The van der Waals surface area contributed by atoms with Crippen molar-refractivity contribution in [3.8, 4) is 22.3 Å². The molecule has 0 bridgehead atoms. The number of hydrogen-bond donors (Lipinski definition) is 0. The number of hydrogen-bond acceptors (Lipinski definition) is 3. The molecule has 1 saturated heterocycles. The summed E-state index contributed by atoms with van der Waals surface area (Å²) < 4.78 is 19.6. The van der Waals surface area contributed by atoms with Crippen LogP contribution in [0.25, 0.3) is 44.2 Å². The molecule has 6 aromatic rings. The van der Waals surface area contributed by atoms with E-state index in [-0.39, 0.29) is 5.41 Å². The zero-order valence-corrected chi connectivity index (χ0v) is 25.4. The second-order valence-corrected chi connectivity index (χ2v) is 13.0. The fourth-order valence-corrected chi connectivity index (χ4v) is 7.38. The largest absolute Gasteiger partial charge is 0.498 e. The monoisotopic (exact) mass is 562 g/mol. The average Bonchev–Trinajstić information content (AvgIpc) is 3.62. The predicted octanol–water partition coefficient (Wildman–Crippen LogP) is 9.28. The van der Waals surface area contributed by atoms with Crippen molar-refractivity contribution in [1.82, 2.24) is 0 Å². The van der Waals surface area contributed by atoms with Gasteiger partial charge >= 0.3 is 7.12 Å². The summed E-state index contributed by atoms with van der Waals surface area (Å²) in [5, 5.41) is 2.17. The molecule has 0 saturated carbocycles. The average molecular weight is 563 g/mol. The van der Waals surface area contributed by atoms with Crippen molar-refractivity contribution in [2.45, 2.75) is 57.7 Å². The van der Waals surface area contributed by atoms with Crippen molar-refractivity contribution < 1.29 is 13.7 Å². The van der Waals surface area contributed by atoms with E-state index in [0.29, 0.717) is 0 Å². The van der Waals surface area contributed by atoms with Crippen LogP contribution in [0.3, 0.4) is 0 Å². The third-order valence-corrected chi connectivity index (χ3v) is 10.3. The van der Waals surface area contributed by atoms with Gasteiger partial charge in [-0.2, -0.15) is 0 Å². The molecular weight excluding hydrogens is 527 g/mol. The van der Waals surface area contributed by atoms with Crippen LogP contribution >= 0.6 is 0 Å². The molecule has 212 valence electrons. The minimum atomic E-state index is -0.487. The summed E-state index contributed by atoms with van der Waals surface area (Å²) in [5.74, 6) is 0. The molecular formula is C39H35BO3. The first kappa shape index (κ1) is 26.5. The number of benzene rings is 5. The highest BCUT2D eigenvalue weighted by Gasteiger charge is 2.52. The molecule has 4 heteroatoms. The van der Waals surface area contributed by atoms with Gasteiger partial charge in [-0.05, 0) is 67.5 Å². The number of para-hydroxylation sites is 2. The lowest BCUT2D eigenvalue weighted by Crippen LogP contribution is -2.41. The summed E-state index contributed by atoms with van der Waals surface area (Å²) in [6.45, 7) is 10.6. The van der Waals surface area contributed by atoms with E-state index in [1.807, 2.05) is 0 Å². The quantitative estimate of drug-likeness (QED) is 0.201. The molecule has 2 heterocycles. The van der Waals surface area contributed by atoms with Crippen molar-refractivity contribution in [3.63, 3.8) is 0 Å². The van der Waals surface area contributed by atoms with Gasteiger partial charge in [0.05, 0.1) is 11.2 Å². The highest BCUT2D eigenvalue weighted by molar-refractivity contribution is 6.65. The Bertz CT molecular complexity index is 1970. The lowest BCUT2D eigenvalue weighted by atomic mass is 9.70. The summed E-state index contributed by atoms with van der Waals surface area (Å²) in [5.41, 5.74) is 10.6. The van der Waals surface area contributed by atoms with Crippen molar-refractivity contribution in [1.29, 1.82) is 0 Å². The molecule has 0 N–H and O–H groups in total. The van der Waals surface area contributed by atoms with Crippen molar-refractivity contribution in [2.24, 2.45) is 0 Å². The molecule has 43 heavy (non-hydrogen) atoms. The Labute approximate surface area is 253 Å². The molecule has 0 amide bonds. The third kappa shape index (κ3) is 3.63. The van der Waals surface area contributed by atoms with E-state index in [4.69, 9.17) is 13.7 Å². The van der Waals surface area contributed by atoms with Crippen molar-refractivity contribution in [3.05, 3.63) is 126 Å². The highest BCUT2D eigenvalue weighted by atomic mass is 16.7. The smallest absolute Gasteiger partial charge is 0.456 e. The van der Waals surface area contributed by atoms with Crippen LogP contribution in [0.2, 0.25) is 0 Å². The van der Waals surface area contributed by atoms with Crippen LogP contribution in [-0.4, -0.2) is 18.3 Å². The Kier molecular flexibility index (Phi) is 5.67. The molecule has 0 radical (unpaired) electrons. The van der Waals surface area contributed by atoms with Gasteiger partial charge in [0.15, 0.2) is 0 Å². The van der Waals surface area contributed by atoms with Gasteiger partial charge in [0.25, 0.3) is 0 Å². The van der Waals surface area contributed by atoms with Gasteiger partial charge in [0.1, 0.15) is 11.2 Å². The van der Waals surface area contributed by atoms with Gasteiger partial charge in [-0.15, -0.1) is 0 Å². The maximum absolute atomic E-state index is 6.72. The summed E-state index contributed by atoms with van der Waals surface area (Å²) in [7, 11) is -0.487. The number of fused-ring (bicyclic) bond motifs is 6. The summed E-state index contributed by atoms with van der Waals surface area (Å²) >= 11 is 0. The zero-order chi connectivity index (χ0) is 29.6. The van der Waals surface area contributed by atoms with Gasteiger partial charge in [-0.25, -0.2) is 0 Å². The lowest BCUT2D eigenvalue weighted by molar-refractivity contribution is 0.00578. The van der Waals surface area contributed by atoms with Crippen LogP contribution in [0.5, 0.6) is 0 Å². The van der Waals surface area contributed by atoms with E-state index >= 15 is 0 Å².